The summed E-state index contributed by atoms with van der Waals surface area (Å²) in [6.45, 7) is 6.69. The molecule has 5 nitrogen and oxygen atoms in total. The van der Waals surface area contributed by atoms with Crippen molar-refractivity contribution in [2.75, 3.05) is 6.54 Å². The molecule has 15 heavy (non-hydrogen) atoms. The Labute approximate surface area is 89.7 Å². The van der Waals surface area contributed by atoms with E-state index in [9.17, 15) is 5.11 Å². The topological polar surface area (TPSA) is 85.2 Å². The fraction of sp³-hybridized carbons (Fsp3) is 0.800. The highest BCUT2D eigenvalue weighted by atomic mass is 16.5. The van der Waals surface area contributed by atoms with Crippen molar-refractivity contribution in [3.8, 4) is 0 Å². The molecule has 1 rings (SSSR count). The van der Waals surface area contributed by atoms with Crippen LogP contribution < -0.4 is 5.73 Å². The number of aliphatic hydroxyl groups excluding tert-OH is 1. The summed E-state index contributed by atoms with van der Waals surface area (Å²) < 4.78 is 4.96. The van der Waals surface area contributed by atoms with E-state index in [0.29, 0.717) is 18.8 Å². The zero-order valence-electron chi connectivity index (χ0n) is 9.53. The second-order valence-electron chi connectivity index (χ2n) is 4.88. The first-order chi connectivity index (χ1) is 6.92. The fourth-order valence-electron chi connectivity index (χ4n) is 1.23. The third-order valence-electron chi connectivity index (χ3n) is 1.90. The van der Waals surface area contributed by atoms with Crippen molar-refractivity contribution in [3.63, 3.8) is 0 Å². The van der Waals surface area contributed by atoms with Gasteiger partial charge in [0, 0.05) is 6.42 Å². The maximum atomic E-state index is 9.56. The summed E-state index contributed by atoms with van der Waals surface area (Å²) in [6, 6.07) is 0. The molecule has 0 aromatic carbocycles. The summed E-state index contributed by atoms with van der Waals surface area (Å²) in [5.74, 6) is 0.897. The zero-order valence-corrected chi connectivity index (χ0v) is 9.53. The summed E-state index contributed by atoms with van der Waals surface area (Å²) in [6.07, 6.45) is 0.430. The van der Waals surface area contributed by atoms with E-state index in [1.807, 2.05) is 0 Å². The van der Waals surface area contributed by atoms with Crippen LogP contribution in [0.3, 0.4) is 0 Å². The Bertz CT molecular complexity index is 304. The molecule has 0 aliphatic carbocycles. The predicted molar refractivity (Wildman–Crippen MR) is 56.1 cm³/mol. The monoisotopic (exact) mass is 213 g/mol. The van der Waals surface area contributed by atoms with Crippen LogP contribution in [0, 0.1) is 5.41 Å². The molecule has 0 bridgehead atoms. The number of aliphatic hydroxyl groups is 1. The Morgan fingerprint density at radius 1 is 1.47 bits per heavy atom. The van der Waals surface area contributed by atoms with Gasteiger partial charge in [-0.2, -0.15) is 4.98 Å². The van der Waals surface area contributed by atoms with Gasteiger partial charge >= 0.3 is 0 Å². The van der Waals surface area contributed by atoms with Crippen molar-refractivity contribution in [1.82, 2.24) is 10.1 Å². The van der Waals surface area contributed by atoms with Crippen molar-refractivity contribution in [2.24, 2.45) is 11.1 Å². The molecule has 0 radical (unpaired) electrons. The van der Waals surface area contributed by atoms with E-state index >= 15 is 0 Å². The van der Waals surface area contributed by atoms with Crippen LogP contribution in [0.5, 0.6) is 0 Å². The maximum Gasteiger partial charge on any atom is 0.255 e. The first-order valence-electron chi connectivity index (χ1n) is 5.13. The molecule has 3 N–H and O–H groups in total. The molecule has 5 heteroatoms. The molecule has 86 valence electrons. The predicted octanol–water partition coefficient (Wildman–Crippen LogP) is 1.04. The summed E-state index contributed by atoms with van der Waals surface area (Å²) in [7, 11) is 0. The number of aromatic nitrogens is 2. The SMILES string of the molecule is CC(C)(C)Cc1noc([C@@H](O)CCN)n1. The molecule has 1 aromatic rings. The molecule has 1 atom stereocenters. The third-order valence-corrected chi connectivity index (χ3v) is 1.90. The largest absolute Gasteiger partial charge is 0.383 e. The van der Waals surface area contributed by atoms with Crippen LogP contribution in [0.25, 0.3) is 0 Å². The molecular formula is C10H19N3O2. The van der Waals surface area contributed by atoms with E-state index in [2.05, 4.69) is 30.9 Å². The summed E-state index contributed by atoms with van der Waals surface area (Å²) in [4.78, 5) is 4.13. The van der Waals surface area contributed by atoms with E-state index in [0.717, 1.165) is 6.42 Å². The zero-order chi connectivity index (χ0) is 11.5. The summed E-state index contributed by atoms with van der Waals surface area (Å²) >= 11 is 0. The van der Waals surface area contributed by atoms with Gasteiger partial charge in [0.2, 0.25) is 0 Å². The molecule has 0 amide bonds. The van der Waals surface area contributed by atoms with Gasteiger partial charge in [-0.3, -0.25) is 0 Å². The van der Waals surface area contributed by atoms with Crippen molar-refractivity contribution in [3.05, 3.63) is 11.7 Å². The minimum atomic E-state index is -0.740. The lowest BCUT2D eigenvalue weighted by Crippen LogP contribution is -2.11. The summed E-state index contributed by atoms with van der Waals surface area (Å²) in [5.41, 5.74) is 5.44. The quantitative estimate of drug-likeness (QED) is 0.780. The first kappa shape index (κ1) is 12.1. The highest BCUT2D eigenvalue weighted by molar-refractivity contribution is 4.92. The minimum Gasteiger partial charge on any atom is -0.383 e. The smallest absolute Gasteiger partial charge is 0.255 e. The second-order valence-corrected chi connectivity index (χ2v) is 4.88. The Morgan fingerprint density at radius 2 is 2.13 bits per heavy atom. The molecule has 0 aliphatic rings. The normalized spacial score (nSPS) is 14.2. The van der Waals surface area contributed by atoms with E-state index in [1.165, 1.54) is 0 Å². The van der Waals surface area contributed by atoms with Gasteiger partial charge in [-0.1, -0.05) is 25.9 Å². The Hall–Kier alpha value is -0.940. The van der Waals surface area contributed by atoms with E-state index in [1.54, 1.807) is 0 Å². The van der Waals surface area contributed by atoms with Crippen LogP contribution in [-0.2, 0) is 6.42 Å². The van der Waals surface area contributed by atoms with Crippen LogP contribution >= 0.6 is 0 Å². The lowest BCUT2D eigenvalue weighted by molar-refractivity contribution is 0.127. The Kier molecular flexibility index (Phi) is 3.82. The van der Waals surface area contributed by atoms with Crippen molar-refractivity contribution >= 4 is 0 Å². The molecular weight excluding hydrogens is 194 g/mol. The van der Waals surface area contributed by atoms with Crippen LogP contribution in [-0.4, -0.2) is 21.8 Å². The van der Waals surface area contributed by atoms with Gasteiger partial charge in [-0.15, -0.1) is 0 Å². The average molecular weight is 213 g/mol. The maximum absolute atomic E-state index is 9.56. The minimum absolute atomic E-state index is 0.111. The van der Waals surface area contributed by atoms with Gasteiger partial charge in [0.15, 0.2) is 5.82 Å². The van der Waals surface area contributed by atoms with E-state index < -0.39 is 6.10 Å². The van der Waals surface area contributed by atoms with Crippen LogP contribution in [0.1, 0.15) is 45.0 Å². The second kappa shape index (κ2) is 4.72. The lowest BCUT2D eigenvalue weighted by atomic mass is 9.92. The number of nitrogens with zero attached hydrogens (tertiary/aromatic N) is 2. The van der Waals surface area contributed by atoms with Crippen molar-refractivity contribution in [2.45, 2.75) is 39.7 Å². The van der Waals surface area contributed by atoms with Crippen molar-refractivity contribution in [1.29, 1.82) is 0 Å². The van der Waals surface area contributed by atoms with Crippen LogP contribution in [0.2, 0.25) is 0 Å². The van der Waals surface area contributed by atoms with Crippen LogP contribution in [0.4, 0.5) is 0 Å². The van der Waals surface area contributed by atoms with Gasteiger partial charge in [-0.05, 0) is 18.4 Å². The molecule has 1 heterocycles. The first-order valence-corrected chi connectivity index (χ1v) is 5.13. The van der Waals surface area contributed by atoms with Gasteiger partial charge in [-0.25, -0.2) is 0 Å². The van der Waals surface area contributed by atoms with E-state index in [-0.39, 0.29) is 11.3 Å². The molecule has 0 spiro atoms. The standard InChI is InChI=1S/C10H19N3O2/c1-10(2,3)6-8-12-9(15-13-8)7(14)4-5-11/h7,14H,4-6,11H2,1-3H3/t7-/m0/s1. The average Bonchev–Trinajstić information content (AvgIpc) is 2.50. The lowest BCUT2D eigenvalue weighted by Gasteiger charge is -2.14. The number of nitrogens with two attached hydrogens (primary N) is 1. The molecule has 0 saturated carbocycles. The molecule has 0 fully saturated rings. The fourth-order valence-corrected chi connectivity index (χ4v) is 1.23. The molecule has 0 unspecified atom stereocenters. The highest BCUT2D eigenvalue weighted by Crippen LogP contribution is 2.20. The number of rotatable bonds is 4. The summed E-state index contributed by atoms with van der Waals surface area (Å²) in [5, 5.41) is 13.4. The van der Waals surface area contributed by atoms with Gasteiger partial charge in [0.05, 0.1) is 0 Å². The van der Waals surface area contributed by atoms with Crippen molar-refractivity contribution < 1.29 is 9.63 Å². The molecule has 0 saturated heterocycles. The number of hydrogen-bond acceptors (Lipinski definition) is 5. The van der Waals surface area contributed by atoms with Gasteiger partial charge in [0.1, 0.15) is 6.10 Å². The van der Waals surface area contributed by atoms with Crippen LogP contribution in [0.15, 0.2) is 4.52 Å². The third kappa shape index (κ3) is 3.97. The highest BCUT2D eigenvalue weighted by Gasteiger charge is 2.19. The van der Waals surface area contributed by atoms with Gasteiger partial charge in [0.25, 0.3) is 5.89 Å². The number of hydrogen-bond donors (Lipinski definition) is 2. The Morgan fingerprint density at radius 3 is 2.67 bits per heavy atom. The van der Waals surface area contributed by atoms with E-state index in [4.69, 9.17) is 10.3 Å². The Balaban J connectivity index is 2.64. The molecule has 0 aliphatic heterocycles. The van der Waals surface area contributed by atoms with Gasteiger partial charge < -0.3 is 15.4 Å². The molecule has 1 aromatic heterocycles.